The van der Waals surface area contributed by atoms with Crippen LogP contribution in [0.2, 0.25) is 0 Å². The molecule has 0 aromatic carbocycles. The Labute approximate surface area is 138 Å². The fourth-order valence-corrected chi connectivity index (χ4v) is 3.20. The van der Waals surface area contributed by atoms with Crippen LogP contribution in [0.3, 0.4) is 0 Å². The molecule has 1 aliphatic rings. The van der Waals surface area contributed by atoms with Gasteiger partial charge in [0.05, 0.1) is 18.4 Å². The zero-order valence-corrected chi connectivity index (χ0v) is 14.4. The predicted octanol–water partition coefficient (Wildman–Crippen LogP) is 1.31. The van der Waals surface area contributed by atoms with Crippen molar-refractivity contribution in [3.05, 3.63) is 17.5 Å². The van der Waals surface area contributed by atoms with Crippen molar-refractivity contribution >= 4 is 5.91 Å². The van der Waals surface area contributed by atoms with Crippen molar-refractivity contribution in [1.82, 2.24) is 14.7 Å². The van der Waals surface area contributed by atoms with Crippen molar-refractivity contribution in [2.24, 2.45) is 11.8 Å². The summed E-state index contributed by atoms with van der Waals surface area (Å²) in [6.45, 7) is 7.99. The third kappa shape index (κ3) is 4.32. The summed E-state index contributed by atoms with van der Waals surface area (Å²) in [7, 11) is 0. The summed E-state index contributed by atoms with van der Waals surface area (Å²) in [5, 5.41) is 23.3. The second kappa shape index (κ2) is 7.93. The number of aromatic nitrogens is 2. The number of rotatable bonds is 6. The highest BCUT2D eigenvalue weighted by Crippen LogP contribution is 2.22. The number of hydrogen-bond acceptors (Lipinski definition) is 4. The number of aliphatic hydroxyl groups is 2. The SMILES string of the molecule is CCn1nc(CC(C)C)cc1C(=O)N1CCC(C(O)CO)CC1. The number of aliphatic hydroxyl groups excluding tert-OH is 2. The van der Waals surface area contributed by atoms with E-state index in [-0.39, 0.29) is 18.4 Å². The average molecular weight is 323 g/mol. The van der Waals surface area contributed by atoms with E-state index in [1.54, 1.807) is 4.68 Å². The van der Waals surface area contributed by atoms with Gasteiger partial charge in [0, 0.05) is 19.6 Å². The van der Waals surface area contributed by atoms with Gasteiger partial charge >= 0.3 is 0 Å². The zero-order valence-electron chi connectivity index (χ0n) is 14.4. The summed E-state index contributed by atoms with van der Waals surface area (Å²) in [5.41, 5.74) is 1.63. The van der Waals surface area contributed by atoms with Gasteiger partial charge in [-0.25, -0.2) is 0 Å². The first-order valence-electron chi connectivity index (χ1n) is 8.61. The molecule has 6 heteroatoms. The molecular formula is C17H29N3O3. The van der Waals surface area contributed by atoms with Gasteiger partial charge in [-0.15, -0.1) is 0 Å². The Hall–Kier alpha value is -1.40. The first-order chi connectivity index (χ1) is 11.0. The average Bonchev–Trinajstić information content (AvgIpc) is 2.95. The van der Waals surface area contributed by atoms with Crippen LogP contribution < -0.4 is 0 Å². The van der Waals surface area contributed by atoms with Crippen LogP contribution in [0.15, 0.2) is 6.07 Å². The fraction of sp³-hybridized carbons (Fsp3) is 0.765. The van der Waals surface area contributed by atoms with Crippen molar-refractivity contribution in [1.29, 1.82) is 0 Å². The molecule has 1 aliphatic heterocycles. The molecule has 1 aromatic heterocycles. The van der Waals surface area contributed by atoms with Gasteiger partial charge in [-0.1, -0.05) is 13.8 Å². The lowest BCUT2D eigenvalue weighted by atomic mass is 9.91. The summed E-state index contributed by atoms with van der Waals surface area (Å²) < 4.78 is 1.79. The van der Waals surface area contributed by atoms with Crippen LogP contribution in [0.25, 0.3) is 0 Å². The Balaban J connectivity index is 2.04. The number of carbonyl (C=O) groups is 1. The number of likely N-dealkylation sites (tertiary alicyclic amines) is 1. The Kier molecular flexibility index (Phi) is 6.18. The Morgan fingerprint density at radius 3 is 2.57 bits per heavy atom. The van der Waals surface area contributed by atoms with Crippen molar-refractivity contribution in [2.75, 3.05) is 19.7 Å². The molecule has 1 fully saturated rings. The van der Waals surface area contributed by atoms with Gasteiger partial charge in [-0.05, 0) is 44.1 Å². The molecule has 1 aromatic rings. The van der Waals surface area contributed by atoms with E-state index in [1.165, 1.54) is 0 Å². The van der Waals surface area contributed by atoms with Gasteiger partial charge in [0.1, 0.15) is 5.69 Å². The number of aryl methyl sites for hydroxylation is 1. The summed E-state index contributed by atoms with van der Waals surface area (Å²) >= 11 is 0. The third-order valence-corrected chi connectivity index (χ3v) is 4.52. The second-order valence-electron chi connectivity index (χ2n) is 6.81. The van der Waals surface area contributed by atoms with Crippen LogP contribution in [0.4, 0.5) is 0 Å². The van der Waals surface area contributed by atoms with Gasteiger partial charge in [-0.2, -0.15) is 5.10 Å². The first kappa shape index (κ1) is 17.9. The van der Waals surface area contributed by atoms with E-state index in [9.17, 15) is 9.90 Å². The number of carbonyl (C=O) groups excluding carboxylic acids is 1. The highest BCUT2D eigenvalue weighted by molar-refractivity contribution is 5.92. The molecule has 130 valence electrons. The minimum Gasteiger partial charge on any atom is -0.394 e. The van der Waals surface area contributed by atoms with Crippen LogP contribution in [0, 0.1) is 11.8 Å². The normalized spacial score (nSPS) is 17.7. The van der Waals surface area contributed by atoms with Crippen LogP contribution >= 0.6 is 0 Å². The van der Waals surface area contributed by atoms with Gasteiger partial charge in [0.15, 0.2) is 0 Å². The number of nitrogens with zero attached hydrogens (tertiary/aromatic N) is 3. The van der Waals surface area contributed by atoms with E-state index in [4.69, 9.17) is 5.11 Å². The van der Waals surface area contributed by atoms with Crippen LogP contribution in [0.5, 0.6) is 0 Å². The summed E-state index contributed by atoms with van der Waals surface area (Å²) in [6, 6.07) is 1.92. The van der Waals surface area contributed by atoms with Crippen LogP contribution in [0.1, 0.15) is 49.8 Å². The maximum Gasteiger partial charge on any atom is 0.272 e. The zero-order chi connectivity index (χ0) is 17.0. The molecule has 6 nitrogen and oxygen atoms in total. The Bertz CT molecular complexity index is 519. The van der Waals surface area contributed by atoms with E-state index in [2.05, 4.69) is 18.9 Å². The maximum atomic E-state index is 12.8. The molecule has 1 saturated heterocycles. The minimum absolute atomic E-state index is 0.0197. The lowest BCUT2D eigenvalue weighted by Crippen LogP contribution is -2.42. The quantitative estimate of drug-likeness (QED) is 0.827. The lowest BCUT2D eigenvalue weighted by Gasteiger charge is -2.33. The second-order valence-corrected chi connectivity index (χ2v) is 6.81. The van der Waals surface area contributed by atoms with Gasteiger partial charge in [-0.3, -0.25) is 9.48 Å². The smallest absolute Gasteiger partial charge is 0.272 e. The van der Waals surface area contributed by atoms with E-state index in [0.717, 1.165) is 25.0 Å². The van der Waals surface area contributed by atoms with Crippen molar-refractivity contribution < 1.29 is 15.0 Å². The van der Waals surface area contributed by atoms with Gasteiger partial charge in [0.2, 0.25) is 0 Å². The molecule has 0 radical (unpaired) electrons. The maximum absolute atomic E-state index is 12.8. The molecule has 23 heavy (non-hydrogen) atoms. The molecule has 2 N–H and O–H groups in total. The molecular weight excluding hydrogens is 294 g/mol. The van der Waals surface area contributed by atoms with Crippen molar-refractivity contribution in [2.45, 2.75) is 52.7 Å². The van der Waals surface area contributed by atoms with E-state index in [0.29, 0.717) is 31.2 Å². The number of amides is 1. The van der Waals surface area contributed by atoms with E-state index >= 15 is 0 Å². The van der Waals surface area contributed by atoms with E-state index in [1.807, 2.05) is 17.9 Å². The molecule has 1 amide bonds. The Morgan fingerprint density at radius 1 is 1.39 bits per heavy atom. The van der Waals surface area contributed by atoms with Crippen LogP contribution in [-0.4, -0.2) is 56.6 Å². The summed E-state index contributed by atoms with van der Waals surface area (Å²) in [5.74, 6) is 0.608. The summed E-state index contributed by atoms with van der Waals surface area (Å²) in [6.07, 6.45) is 1.66. The highest BCUT2D eigenvalue weighted by Gasteiger charge is 2.29. The standard InChI is InChI=1S/C17H29N3O3/c1-4-20-15(10-14(18-20)9-12(2)3)17(23)19-7-5-13(6-8-19)16(22)11-21/h10,12-13,16,21-22H,4-9,11H2,1-3H3. The topological polar surface area (TPSA) is 78.6 Å². The molecule has 0 saturated carbocycles. The molecule has 1 atom stereocenters. The number of piperidine rings is 1. The predicted molar refractivity (Wildman–Crippen MR) is 88.2 cm³/mol. The molecule has 1 unspecified atom stereocenters. The Morgan fingerprint density at radius 2 is 2.04 bits per heavy atom. The molecule has 0 spiro atoms. The molecule has 0 bridgehead atoms. The summed E-state index contributed by atoms with van der Waals surface area (Å²) in [4.78, 5) is 14.6. The minimum atomic E-state index is -0.675. The molecule has 0 aliphatic carbocycles. The highest BCUT2D eigenvalue weighted by atomic mass is 16.3. The van der Waals surface area contributed by atoms with Gasteiger partial charge < -0.3 is 15.1 Å². The number of hydrogen-bond donors (Lipinski definition) is 2. The van der Waals surface area contributed by atoms with Crippen LogP contribution in [-0.2, 0) is 13.0 Å². The van der Waals surface area contributed by atoms with Crippen molar-refractivity contribution in [3.8, 4) is 0 Å². The lowest BCUT2D eigenvalue weighted by molar-refractivity contribution is 0.0176. The van der Waals surface area contributed by atoms with Gasteiger partial charge in [0.25, 0.3) is 5.91 Å². The molecule has 2 rings (SSSR count). The fourth-order valence-electron chi connectivity index (χ4n) is 3.20. The van der Waals surface area contributed by atoms with Crippen molar-refractivity contribution in [3.63, 3.8) is 0 Å². The monoisotopic (exact) mass is 323 g/mol. The first-order valence-corrected chi connectivity index (χ1v) is 8.61. The van der Waals surface area contributed by atoms with E-state index < -0.39 is 6.10 Å². The third-order valence-electron chi connectivity index (χ3n) is 4.52. The largest absolute Gasteiger partial charge is 0.394 e. The molecule has 2 heterocycles.